The summed E-state index contributed by atoms with van der Waals surface area (Å²) in [7, 11) is -2.69. The van der Waals surface area contributed by atoms with Crippen molar-refractivity contribution >= 4 is 22.0 Å². The molecule has 8 nitrogen and oxygen atoms in total. The van der Waals surface area contributed by atoms with E-state index in [1.165, 1.54) is 31.6 Å². The molecule has 0 saturated heterocycles. The van der Waals surface area contributed by atoms with Gasteiger partial charge in [-0.05, 0) is 31.0 Å². The second-order valence-corrected chi connectivity index (χ2v) is 8.23. The van der Waals surface area contributed by atoms with Gasteiger partial charge in [0.2, 0.25) is 10.0 Å². The van der Waals surface area contributed by atoms with Gasteiger partial charge in [-0.2, -0.15) is 4.72 Å². The van der Waals surface area contributed by atoms with Crippen LogP contribution in [0, 0.1) is 12.8 Å². The fourth-order valence-electron chi connectivity index (χ4n) is 2.38. The molecule has 1 aromatic carbocycles. The Labute approximate surface area is 163 Å². The highest BCUT2D eigenvalue weighted by Crippen LogP contribution is 2.16. The van der Waals surface area contributed by atoms with Crippen LogP contribution in [0.4, 0.5) is 0 Å². The maximum absolute atomic E-state index is 12.6. The molecule has 2 aromatic rings. The number of ether oxygens (including phenoxy) is 2. The minimum absolute atomic E-state index is 0.0514. The van der Waals surface area contributed by atoms with E-state index < -0.39 is 28.0 Å². The average Bonchev–Trinajstić information content (AvgIpc) is 3.12. The summed E-state index contributed by atoms with van der Waals surface area (Å²) in [5.74, 6) is -1.66. The minimum atomic E-state index is -3.91. The van der Waals surface area contributed by atoms with Gasteiger partial charge in [0.15, 0.2) is 5.76 Å². The van der Waals surface area contributed by atoms with Gasteiger partial charge in [0.1, 0.15) is 18.2 Å². The van der Waals surface area contributed by atoms with Crippen molar-refractivity contribution in [1.29, 1.82) is 0 Å². The van der Waals surface area contributed by atoms with E-state index in [4.69, 9.17) is 9.15 Å². The van der Waals surface area contributed by atoms with Crippen molar-refractivity contribution < 1.29 is 31.9 Å². The van der Waals surface area contributed by atoms with Crippen molar-refractivity contribution in [3.05, 3.63) is 53.5 Å². The molecule has 0 saturated carbocycles. The lowest BCUT2D eigenvalue weighted by molar-refractivity contribution is -0.148. The molecule has 1 aromatic heterocycles. The number of hydrogen-bond acceptors (Lipinski definition) is 7. The number of furan rings is 1. The summed E-state index contributed by atoms with van der Waals surface area (Å²) in [6.45, 7) is 4.90. The Bertz CT molecular complexity index is 929. The van der Waals surface area contributed by atoms with Crippen LogP contribution in [-0.2, 0) is 30.9 Å². The molecule has 0 fully saturated rings. The van der Waals surface area contributed by atoms with Crippen molar-refractivity contribution in [1.82, 2.24) is 4.72 Å². The molecule has 0 spiro atoms. The number of sulfonamides is 1. The van der Waals surface area contributed by atoms with Gasteiger partial charge >= 0.3 is 11.9 Å². The van der Waals surface area contributed by atoms with Crippen LogP contribution in [0.15, 0.2) is 45.9 Å². The topological polar surface area (TPSA) is 112 Å². The first-order valence-corrected chi connectivity index (χ1v) is 10.0. The first kappa shape index (κ1) is 21.6. The van der Waals surface area contributed by atoms with Crippen molar-refractivity contribution in [2.75, 3.05) is 7.11 Å². The Morgan fingerprint density at radius 3 is 2.36 bits per heavy atom. The van der Waals surface area contributed by atoms with Crippen LogP contribution in [0.5, 0.6) is 0 Å². The number of benzene rings is 1. The zero-order valence-corrected chi connectivity index (χ0v) is 16.9. The predicted octanol–water partition coefficient (Wildman–Crippen LogP) is 2.42. The number of carbonyl (C=O) groups is 2. The Kier molecular flexibility index (Phi) is 6.98. The maximum Gasteiger partial charge on any atom is 0.341 e. The Balaban J connectivity index is 2.11. The first-order chi connectivity index (χ1) is 13.2. The molecule has 1 atom stereocenters. The van der Waals surface area contributed by atoms with E-state index in [1.807, 2.05) is 6.92 Å². The SMILES string of the molecule is COC(=O)c1ccoc1COC(=O)[C@H](NS(=O)(=O)c1ccc(C)cc1)C(C)C. The third kappa shape index (κ3) is 5.20. The van der Waals surface area contributed by atoms with Crippen LogP contribution < -0.4 is 4.72 Å². The monoisotopic (exact) mass is 409 g/mol. The molecular weight excluding hydrogens is 386 g/mol. The van der Waals surface area contributed by atoms with E-state index in [0.717, 1.165) is 5.56 Å². The van der Waals surface area contributed by atoms with Gasteiger partial charge in [-0.3, -0.25) is 4.79 Å². The molecule has 0 aliphatic rings. The molecule has 1 N–H and O–H groups in total. The standard InChI is InChI=1S/C19H23NO7S/c1-12(2)17(20-28(23,24)14-7-5-13(3)6-8-14)19(22)27-11-16-15(9-10-26-16)18(21)25-4/h5-10,12,17,20H,11H2,1-4H3/t17-/m1/s1. The van der Waals surface area contributed by atoms with E-state index in [1.54, 1.807) is 26.0 Å². The number of esters is 2. The van der Waals surface area contributed by atoms with Gasteiger partial charge in [0, 0.05) is 0 Å². The molecule has 0 radical (unpaired) electrons. The Hall–Kier alpha value is -2.65. The maximum atomic E-state index is 12.6. The van der Waals surface area contributed by atoms with E-state index in [0.29, 0.717) is 0 Å². The number of methoxy groups -OCH3 is 1. The molecule has 152 valence electrons. The van der Waals surface area contributed by atoms with Gasteiger partial charge in [0.25, 0.3) is 0 Å². The lowest BCUT2D eigenvalue weighted by atomic mass is 10.1. The van der Waals surface area contributed by atoms with Crippen LogP contribution in [0.1, 0.15) is 35.5 Å². The molecule has 0 aliphatic heterocycles. The zero-order chi connectivity index (χ0) is 20.9. The fourth-order valence-corrected chi connectivity index (χ4v) is 3.71. The normalized spacial score (nSPS) is 12.6. The molecular formula is C19H23NO7S. The average molecular weight is 409 g/mol. The minimum Gasteiger partial charge on any atom is -0.465 e. The molecule has 9 heteroatoms. The van der Waals surface area contributed by atoms with Gasteiger partial charge in [-0.15, -0.1) is 0 Å². The number of hydrogen-bond donors (Lipinski definition) is 1. The summed E-state index contributed by atoms with van der Waals surface area (Å²) < 4.78 is 42.5. The molecule has 1 heterocycles. The van der Waals surface area contributed by atoms with Crippen molar-refractivity contribution in [2.45, 2.75) is 38.3 Å². The number of aryl methyl sites for hydroxylation is 1. The fraction of sp³-hybridized carbons (Fsp3) is 0.368. The Morgan fingerprint density at radius 2 is 1.79 bits per heavy atom. The molecule has 0 unspecified atom stereocenters. The van der Waals surface area contributed by atoms with E-state index >= 15 is 0 Å². The lowest BCUT2D eigenvalue weighted by Crippen LogP contribution is -2.45. The highest BCUT2D eigenvalue weighted by molar-refractivity contribution is 7.89. The summed E-state index contributed by atoms with van der Waals surface area (Å²) in [5.41, 5.74) is 1.05. The summed E-state index contributed by atoms with van der Waals surface area (Å²) >= 11 is 0. The highest BCUT2D eigenvalue weighted by Gasteiger charge is 2.30. The molecule has 2 rings (SSSR count). The smallest absolute Gasteiger partial charge is 0.341 e. The number of rotatable bonds is 8. The van der Waals surface area contributed by atoms with Gasteiger partial charge in [0.05, 0.1) is 18.3 Å². The summed E-state index contributed by atoms with van der Waals surface area (Å²) in [6, 6.07) is 6.56. The van der Waals surface area contributed by atoms with Crippen LogP contribution in [0.25, 0.3) is 0 Å². The van der Waals surface area contributed by atoms with E-state index in [2.05, 4.69) is 9.46 Å². The van der Waals surface area contributed by atoms with Crippen LogP contribution in [0.3, 0.4) is 0 Å². The van der Waals surface area contributed by atoms with Crippen LogP contribution >= 0.6 is 0 Å². The van der Waals surface area contributed by atoms with Crippen LogP contribution in [-0.4, -0.2) is 33.5 Å². The third-order valence-corrected chi connectivity index (χ3v) is 5.49. The third-order valence-electron chi connectivity index (χ3n) is 4.03. The second-order valence-electron chi connectivity index (χ2n) is 6.51. The predicted molar refractivity (Wildman–Crippen MR) is 100.0 cm³/mol. The number of carbonyl (C=O) groups excluding carboxylic acids is 2. The largest absolute Gasteiger partial charge is 0.465 e. The molecule has 28 heavy (non-hydrogen) atoms. The molecule has 0 bridgehead atoms. The van der Waals surface area contributed by atoms with Crippen LogP contribution in [0.2, 0.25) is 0 Å². The molecule has 0 aliphatic carbocycles. The van der Waals surface area contributed by atoms with E-state index in [9.17, 15) is 18.0 Å². The summed E-state index contributed by atoms with van der Waals surface area (Å²) in [5, 5.41) is 0. The van der Waals surface area contributed by atoms with Gasteiger partial charge in [-0.1, -0.05) is 31.5 Å². The number of nitrogens with one attached hydrogen (secondary N) is 1. The summed E-state index contributed by atoms with van der Waals surface area (Å²) in [6.07, 6.45) is 1.27. The van der Waals surface area contributed by atoms with Crippen molar-refractivity contribution in [3.8, 4) is 0 Å². The lowest BCUT2D eigenvalue weighted by Gasteiger charge is -2.20. The second kappa shape index (κ2) is 9.03. The first-order valence-electron chi connectivity index (χ1n) is 8.56. The molecule has 0 amide bonds. The van der Waals surface area contributed by atoms with Gasteiger partial charge < -0.3 is 13.9 Å². The highest BCUT2D eigenvalue weighted by atomic mass is 32.2. The van der Waals surface area contributed by atoms with Crippen molar-refractivity contribution in [3.63, 3.8) is 0 Å². The van der Waals surface area contributed by atoms with Crippen molar-refractivity contribution in [2.24, 2.45) is 5.92 Å². The summed E-state index contributed by atoms with van der Waals surface area (Å²) in [4.78, 5) is 24.2. The zero-order valence-electron chi connectivity index (χ0n) is 16.1. The quantitative estimate of drug-likeness (QED) is 0.666. The van der Waals surface area contributed by atoms with E-state index in [-0.39, 0.29) is 28.7 Å². The Morgan fingerprint density at radius 1 is 1.14 bits per heavy atom. The van der Waals surface area contributed by atoms with Gasteiger partial charge in [-0.25, -0.2) is 13.2 Å².